The van der Waals surface area contributed by atoms with Crippen molar-refractivity contribution in [3.63, 3.8) is 0 Å². The van der Waals surface area contributed by atoms with Crippen molar-refractivity contribution >= 4 is 12.1 Å². The summed E-state index contributed by atoms with van der Waals surface area (Å²) in [5, 5.41) is 12.5. The molecule has 162 valence electrons. The molecule has 5 rings (SSSR count). The van der Waals surface area contributed by atoms with Crippen molar-refractivity contribution in [1.29, 1.82) is 0 Å². The van der Waals surface area contributed by atoms with Gasteiger partial charge in [0.25, 0.3) is 0 Å². The smallest absolute Gasteiger partial charge is 0.407 e. The number of nitrogens with one attached hydrogen (secondary N) is 1. The lowest BCUT2D eigenvalue weighted by atomic mass is 9.61. The molecule has 1 amide bonds. The van der Waals surface area contributed by atoms with Crippen molar-refractivity contribution in [1.82, 2.24) is 5.32 Å². The van der Waals surface area contributed by atoms with E-state index < -0.39 is 23.3 Å². The summed E-state index contributed by atoms with van der Waals surface area (Å²) < 4.78 is 19.1. The molecule has 0 saturated heterocycles. The van der Waals surface area contributed by atoms with Crippen LogP contribution in [-0.2, 0) is 14.9 Å². The molecule has 0 heterocycles. The Labute approximate surface area is 184 Å². The van der Waals surface area contributed by atoms with Gasteiger partial charge in [0.1, 0.15) is 12.4 Å². The summed E-state index contributed by atoms with van der Waals surface area (Å²) in [5.41, 5.74) is 3.77. The molecule has 3 aromatic carbocycles. The molecule has 2 aliphatic rings. The second-order valence-corrected chi connectivity index (χ2v) is 8.47. The van der Waals surface area contributed by atoms with Gasteiger partial charge in [-0.25, -0.2) is 9.18 Å². The van der Waals surface area contributed by atoms with Crippen molar-refractivity contribution in [3.05, 3.63) is 95.3 Å². The highest BCUT2D eigenvalue weighted by Crippen LogP contribution is 2.46. The molecule has 0 aliphatic heterocycles. The van der Waals surface area contributed by atoms with Gasteiger partial charge in [0.05, 0.1) is 5.41 Å². The molecule has 3 aromatic rings. The maximum Gasteiger partial charge on any atom is 0.407 e. The lowest BCUT2D eigenvalue weighted by Gasteiger charge is -2.44. The van der Waals surface area contributed by atoms with Gasteiger partial charge in [-0.2, -0.15) is 0 Å². The summed E-state index contributed by atoms with van der Waals surface area (Å²) in [5.74, 6) is -1.54. The van der Waals surface area contributed by atoms with Crippen LogP contribution in [-0.4, -0.2) is 29.8 Å². The average molecular weight is 431 g/mol. The van der Waals surface area contributed by atoms with Crippen LogP contribution >= 0.6 is 0 Å². The molecule has 0 unspecified atom stereocenters. The van der Waals surface area contributed by atoms with Crippen LogP contribution < -0.4 is 5.32 Å². The van der Waals surface area contributed by atoms with Crippen LogP contribution in [0.1, 0.15) is 35.4 Å². The summed E-state index contributed by atoms with van der Waals surface area (Å²) >= 11 is 0. The van der Waals surface area contributed by atoms with Crippen LogP contribution in [0.3, 0.4) is 0 Å². The number of carbonyl (C=O) groups is 2. The van der Waals surface area contributed by atoms with Crippen LogP contribution in [0.25, 0.3) is 11.1 Å². The number of ether oxygens (including phenoxy) is 1. The van der Waals surface area contributed by atoms with Crippen molar-refractivity contribution < 1.29 is 23.8 Å². The second kappa shape index (κ2) is 7.79. The van der Waals surface area contributed by atoms with Gasteiger partial charge in [0.2, 0.25) is 0 Å². The first-order valence-electron chi connectivity index (χ1n) is 10.6. The second-order valence-electron chi connectivity index (χ2n) is 8.47. The molecule has 32 heavy (non-hydrogen) atoms. The zero-order valence-corrected chi connectivity index (χ0v) is 17.3. The number of alkyl carbamates (subject to hydrolysis) is 1. The van der Waals surface area contributed by atoms with Crippen LogP contribution in [0.5, 0.6) is 0 Å². The summed E-state index contributed by atoms with van der Waals surface area (Å²) in [6.45, 7) is 0.195. The molecule has 1 saturated carbocycles. The maximum atomic E-state index is 13.6. The first-order chi connectivity index (χ1) is 15.5. The van der Waals surface area contributed by atoms with E-state index in [1.165, 1.54) is 18.2 Å². The Hall–Kier alpha value is -3.67. The molecule has 0 bridgehead atoms. The van der Waals surface area contributed by atoms with E-state index in [-0.39, 0.29) is 31.4 Å². The third kappa shape index (κ3) is 3.32. The zero-order valence-electron chi connectivity index (χ0n) is 17.3. The molecular formula is C26H22FNO4. The highest BCUT2D eigenvalue weighted by atomic mass is 19.1. The fourth-order valence-corrected chi connectivity index (χ4v) is 5.01. The quantitative estimate of drug-likeness (QED) is 0.606. The average Bonchev–Trinajstić information content (AvgIpc) is 3.08. The highest BCUT2D eigenvalue weighted by molar-refractivity contribution is 5.84. The summed E-state index contributed by atoms with van der Waals surface area (Å²) in [6.07, 6.45) is -0.193. The number of aliphatic carboxylic acids is 1. The van der Waals surface area contributed by atoms with Crippen molar-refractivity contribution in [2.45, 2.75) is 30.2 Å². The van der Waals surface area contributed by atoms with Gasteiger partial charge in [-0.15, -0.1) is 0 Å². The third-order valence-corrected chi connectivity index (χ3v) is 6.64. The molecule has 2 N–H and O–H groups in total. The fraction of sp³-hybridized carbons (Fsp3) is 0.231. The summed E-state index contributed by atoms with van der Waals surface area (Å²) in [6, 6.07) is 21.5. The molecule has 0 radical (unpaired) electrons. The Morgan fingerprint density at radius 3 is 2.19 bits per heavy atom. The molecular weight excluding hydrogens is 409 g/mol. The van der Waals surface area contributed by atoms with Crippen LogP contribution in [0.15, 0.2) is 72.8 Å². The van der Waals surface area contributed by atoms with E-state index in [9.17, 15) is 19.1 Å². The minimum absolute atomic E-state index is 0.0417. The van der Waals surface area contributed by atoms with Gasteiger partial charge >= 0.3 is 12.1 Å². The van der Waals surface area contributed by atoms with E-state index in [1.54, 1.807) is 6.07 Å². The largest absolute Gasteiger partial charge is 0.481 e. The maximum absolute atomic E-state index is 13.6. The lowest BCUT2D eigenvalue weighted by molar-refractivity contribution is -0.148. The lowest BCUT2D eigenvalue weighted by Crippen LogP contribution is -2.57. The van der Waals surface area contributed by atoms with Gasteiger partial charge in [0.15, 0.2) is 0 Å². The van der Waals surface area contributed by atoms with E-state index in [2.05, 4.69) is 17.4 Å². The monoisotopic (exact) mass is 431 g/mol. The Morgan fingerprint density at radius 2 is 1.59 bits per heavy atom. The first kappa shape index (κ1) is 20.2. The van der Waals surface area contributed by atoms with Crippen molar-refractivity contribution in [3.8, 4) is 11.1 Å². The van der Waals surface area contributed by atoms with Crippen LogP contribution in [0.2, 0.25) is 0 Å². The predicted molar refractivity (Wildman–Crippen MR) is 117 cm³/mol. The predicted octanol–water partition coefficient (Wildman–Crippen LogP) is 4.85. The number of halogens is 1. The van der Waals surface area contributed by atoms with E-state index in [0.717, 1.165) is 22.3 Å². The standard InChI is InChI=1S/C26H22FNO4/c27-17-7-5-6-16(12-17)26(24(29)30)13-18(14-26)28-25(31)32-15-23-21-10-3-1-8-19(21)20-9-2-4-11-22(20)23/h1-12,18,23H,13-15H2,(H,28,31)(H,29,30). The van der Waals surface area contributed by atoms with E-state index in [0.29, 0.717) is 5.56 Å². The Bertz CT molecular complexity index is 1160. The molecule has 0 atom stereocenters. The molecule has 2 aliphatic carbocycles. The van der Waals surface area contributed by atoms with Crippen LogP contribution in [0, 0.1) is 5.82 Å². The van der Waals surface area contributed by atoms with E-state index in [4.69, 9.17) is 4.74 Å². The number of benzene rings is 3. The number of amides is 1. The number of hydrogen-bond donors (Lipinski definition) is 2. The summed E-state index contributed by atoms with van der Waals surface area (Å²) in [7, 11) is 0. The molecule has 5 nitrogen and oxygen atoms in total. The minimum atomic E-state index is -1.19. The van der Waals surface area contributed by atoms with Gasteiger partial charge < -0.3 is 15.2 Å². The number of rotatable bonds is 5. The highest BCUT2D eigenvalue weighted by Gasteiger charge is 2.52. The zero-order chi connectivity index (χ0) is 22.3. The SMILES string of the molecule is O=C(NC1CC(C(=O)O)(c2cccc(F)c2)C1)OCC1c2ccccc2-c2ccccc21. The van der Waals surface area contributed by atoms with E-state index in [1.807, 2.05) is 36.4 Å². The number of fused-ring (bicyclic) bond motifs is 3. The fourth-order valence-electron chi connectivity index (χ4n) is 5.01. The molecule has 6 heteroatoms. The number of carboxylic acid groups (broad SMARTS) is 1. The number of hydrogen-bond acceptors (Lipinski definition) is 3. The Morgan fingerprint density at radius 1 is 0.969 bits per heavy atom. The van der Waals surface area contributed by atoms with Gasteiger partial charge in [-0.1, -0.05) is 60.7 Å². The summed E-state index contributed by atoms with van der Waals surface area (Å²) in [4.78, 5) is 24.4. The topological polar surface area (TPSA) is 75.6 Å². The normalized spacial score (nSPS) is 21.2. The Kier molecular flexibility index (Phi) is 4.93. The van der Waals surface area contributed by atoms with Crippen LogP contribution in [0.4, 0.5) is 9.18 Å². The van der Waals surface area contributed by atoms with Gasteiger partial charge in [-0.3, -0.25) is 4.79 Å². The van der Waals surface area contributed by atoms with Gasteiger partial charge in [0, 0.05) is 12.0 Å². The molecule has 0 aromatic heterocycles. The first-order valence-corrected chi connectivity index (χ1v) is 10.6. The molecule has 1 fully saturated rings. The van der Waals surface area contributed by atoms with E-state index >= 15 is 0 Å². The minimum Gasteiger partial charge on any atom is -0.481 e. The Balaban J connectivity index is 1.23. The van der Waals surface area contributed by atoms with Crippen molar-refractivity contribution in [2.75, 3.05) is 6.61 Å². The van der Waals surface area contributed by atoms with Gasteiger partial charge in [-0.05, 0) is 52.8 Å². The number of carbonyl (C=O) groups excluding carboxylic acids is 1. The molecule has 0 spiro atoms. The third-order valence-electron chi connectivity index (χ3n) is 6.64. The number of carboxylic acids is 1. The van der Waals surface area contributed by atoms with Crippen molar-refractivity contribution in [2.24, 2.45) is 0 Å².